The zero-order chi connectivity index (χ0) is 16.2. The van der Waals surface area contributed by atoms with Crippen LogP contribution < -0.4 is 0 Å². The SMILES string of the molecule is CC(C(=O)N1CCCN(Cc2cnn(C)c2)CC1)n1cccn1. The zero-order valence-electron chi connectivity index (χ0n) is 13.8. The molecule has 0 saturated carbocycles. The molecule has 0 bridgehead atoms. The summed E-state index contributed by atoms with van der Waals surface area (Å²) < 4.78 is 3.55. The molecule has 2 aromatic rings. The predicted octanol–water partition coefficient (Wildman–Crippen LogP) is 0.912. The summed E-state index contributed by atoms with van der Waals surface area (Å²) in [6.45, 7) is 6.29. The molecule has 1 atom stereocenters. The number of amides is 1. The molecule has 7 nitrogen and oxygen atoms in total. The molecule has 0 spiro atoms. The molecule has 1 aliphatic heterocycles. The molecule has 124 valence electrons. The van der Waals surface area contributed by atoms with Gasteiger partial charge >= 0.3 is 0 Å². The molecule has 1 saturated heterocycles. The van der Waals surface area contributed by atoms with Crippen LogP contribution in [0.2, 0.25) is 0 Å². The summed E-state index contributed by atoms with van der Waals surface area (Å²) in [5.41, 5.74) is 1.22. The fraction of sp³-hybridized carbons (Fsp3) is 0.562. The van der Waals surface area contributed by atoms with Gasteiger partial charge in [0.25, 0.3) is 0 Å². The highest BCUT2D eigenvalue weighted by atomic mass is 16.2. The number of aromatic nitrogens is 4. The van der Waals surface area contributed by atoms with Gasteiger partial charge in [-0.25, -0.2) is 0 Å². The van der Waals surface area contributed by atoms with Gasteiger partial charge in [-0.2, -0.15) is 10.2 Å². The molecule has 0 aromatic carbocycles. The highest BCUT2D eigenvalue weighted by Crippen LogP contribution is 2.13. The van der Waals surface area contributed by atoms with Crippen LogP contribution in [-0.4, -0.2) is 61.4 Å². The molecule has 7 heteroatoms. The van der Waals surface area contributed by atoms with Gasteiger partial charge in [0.1, 0.15) is 6.04 Å². The Bertz CT molecular complexity index is 635. The Balaban J connectivity index is 1.56. The fourth-order valence-electron chi connectivity index (χ4n) is 3.05. The van der Waals surface area contributed by atoms with Gasteiger partial charge in [0, 0.05) is 63.9 Å². The molecule has 3 heterocycles. The van der Waals surface area contributed by atoms with Crippen molar-refractivity contribution in [2.75, 3.05) is 26.2 Å². The minimum Gasteiger partial charge on any atom is -0.340 e. The third-order valence-corrected chi connectivity index (χ3v) is 4.34. The molecule has 1 aliphatic rings. The van der Waals surface area contributed by atoms with Crippen molar-refractivity contribution < 1.29 is 4.79 Å². The minimum absolute atomic E-state index is 0.150. The van der Waals surface area contributed by atoms with Crippen LogP contribution in [0.3, 0.4) is 0 Å². The van der Waals surface area contributed by atoms with Crippen LogP contribution in [0.25, 0.3) is 0 Å². The lowest BCUT2D eigenvalue weighted by Gasteiger charge is -2.24. The van der Waals surface area contributed by atoms with Gasteiger partial charge in [-0.05, 0) is 19.4 Å². The maximum atomic E-state index is 12.7. The lowest BCUT2D eigenvalue weighted by atomic mass is 10.2. The Kier molecular flexibility index (Phi) is 4.76. The van der Waals surface area contributed by atoms with E-state index < -0.39 is 0 Å². The minimum atomic E-state index is -0.241. The van der Waals surface area contributed by atoms with Crippen molar-refractivity contribution in [2.24, 2.45) is 7.05 Å². The monoisotopic (exact) mass is 316 g/mol. The summed E-state index contributed by atoms with van der Waals surface area (Å²) in [5, 5.41) is 8.39. The van der Waals surface area contributed by atoms with Crippen molar-refractivity contribution in [3.63, 3.8) is 0 Å². The molecule has 2 aromatic heterocycles. The number of aryl methyl sites for hydroxylation is 1. The third-order valence-electron chi connectivity index (χ3n) is 4.34. The summed E-state index contributed by atoms with van der Waals surface area (Å²) in [7, 11) is 1.93. The Hall–Kier alpha value is -2.15. The first kappa shape index (κ1) is 15.7. The molecular formula is C16H24N6O. The van der Waals surface area contributed by atoms with Crippen LogP contribution in [0.15, 0.2) is 30.9 Å². The van der Waals surface area contributed by atoms with Crippen LogP contribution >= 0.6 is 0 Å². The Morgan fingerprint density at radius 3 is 2.83 bits per heavy atom. The van der Waals surface area contributed by atoms with Crippen molar-refractivity contribution >= 4 is 5.91 Å². The Labute approximate surface area is 136 Å². The quantitative estimate of drug-likeness (QED) is 0.841. The van der Waals surface area contributed by atoms with E-state index in [1.54, 1.807) is 10.9 Å². The fourth-order valence-corrected chi connectivity index (χ4v) is 3.05. The summed E-state index contributed by atoms with van der Waals surface area (Å²) in [5.74, 6) is 0.150. The highest BCUT2D eigenvalue weighted by Gasteiger charge is 2.24. The molecule has 0 radical (unpaired) electrons. The normalized spacial score (nSPS) is 17.9. The van der Waals surface area contributed by atoms with Crippen LogP contribution in [-0.2, 0) is 18.4 Å². The summed E-state index contributed by atoms with van der Waals surface area (Å²) >= 11 is 0. The number of carbonyl (C=O) groups excluding carboxylic acids is 1. The van der Waals surface area contributed by atoms with Crippen molar-refractivity contribution in [1.29, 1.82) is 0 Å². The van der Waals surface area contributed by atoms with E-state index in [1.165, 1.54) is 5.56 Å². The van der Waals surface area contributed by atoms with E-state index in [9.17, 15) is 4.79 Å². The highest BCUT2D eigenvalue weighted by molar-refractivity contribution is 5.80. The summed E-state index contributed by atoms with van der Waals surface area (Å²) in [6, 6.07) is 1.61. The largest absolute Gasteiger partial charge is 0.340 e. The van der Waals surface area contributed by atoms with Gasteiger partial charge < -0.3 is 4.90 Å². The van der Waals surface area contributed by atoms with Gasteiger partial charge in [0.15, 0.2) is 0 Å². The van der Waals surface area contributed by atoms with Crippen LogP contribution in [0.5, 0.6) is 0 Å². The first-order valence-corrected chi connectivity index (χ1v) is 8.11. The van der Waals surface area contributed by atoms with Crippen LogP contribution in [0.1, 0.15) is 24.9 Å². The summed E-state index contributed by atoms with van der Waals surface area (Å²) in [6.07, 6.45) is 8.51. The Morgan fingerprint density at radius 1 is 1.26 bits per heavy atom. The van der Waals surface area contributed by atoms with Gasteiger partial charge in [-0.3, -0.25) is 19.1 Å². The van der Waals surface area contributed by atoms with Gasteiger partial charge in [0.05, 0.1) is 6.20 Å². The van der Waals surface area contributed by atoms with Crippen molar-refractivity contribution in [3.8, 4) is 0 Å². The number of carbonyl (C=O) groups is 1. The van der Waals surface area contributed by atoms with E-state index in [1.807, 2.05) is 48.2 Å². The molecular weight excluding hydrogens is 292 g/mol. The van der Waals surface area contributed by atoms with E-state index in [0.29, 0.717) is 0 Å². The second kappa shape index (κ2) is 6.95. The first-order valence-electron chi connectivity index (χ1n) is 8.11. The van der Waals surface area contributed by atoms with E-state index in [0.717, 1.165) is 39.1 Å². The van der Waals surface area contributed by atoms with Gasteiger partial charge in [0.2, 0.25) is 5.91 Å². The van der Waals surface area contributed by atoms with E-state index in [4.69, 9.17) is 0 Å². The maximum absolute atomic E-state index is 12.7. The molecule has 0 N–H and O–H groups in total. The van der Waals surface area contributed by atoms with Gasteiger partial charge in [-0.15, -0.1) is 0 Å². The van der Waals surface area contributed by atoms with E-state index >= 15 is 0 Å². The molecule has 1 unspecified atom stereocenters. The van der Waals surface area contributed by atoms with Crippen molar-refractivity contribution in [3.05, 3.63) is 36.4 Å². The molecule has 1 fully saturated rings. The summed E-state index contributed by atoms with van der Waals surface area (Å²) in [4.78, 5) is 17.0. The smallest absolute Gasteiger partial charge is 0.247 e. The molecule has 3 rings (SSSR count). The number of nitrogens with zero attached hydrogens (tertiary/aromatic N) is 6. The second-order valence-electron chi connectivity index (χ2n) is 6.14. The second-order valence-corrected chi connectivity index (χ2v) is 6.14. The van der Waals surface area contributed by atoms with Gasteiger partial charge in [-0.1, -0.05) is 0 Å². The molecule has 23 heavy (non-hydrogen) atoms. The van der Waals surface area contributed by atoms with Crippen LogP contribution in [0, 0.1) is 0 Å². The zero-order valence-corrected chi connectivity index (χ0v) is 13.8. The average molecular weight is 316 g/mol. The van der Waals surface area contributed by atoms with Crippen molar-refractivity contribution in [2.45, 2.75) is 25.9 Å². The average Bonchev–Trinajstić information content (AvgIpc) is 3.15. The maximum Gasteiger partial charge on any atom is 0.247 e. The van der Waals surface area contributed by atoms with Crippen molar-refractivity contribution in [1.82, 2.24) is 29.4 Å². The standard InChI is InChI=1S/C16H24N6O/c1-14(22-8-3-5-17-22)16(23)21-7-4-6-20(9-10-21)13-15-11-18-19(2)12-15/h3,5,8,11-12,14H,4,6-7,9-10,13H2,1-2H3. The predicted molar refractivity (Wildman–Crippen MR) is 86.6 cm³/mol. The third kappa shape index (κ3) is 3.79. The number of hydrogen-bond donors (Lipinski definition) is 0. The number of hydrogen-bond acceptors (Lipinski definition) is 4. The topological polar surface area (TPSA) is 59.2 Å². The molecule has 1 amide bonds. The molecule has 0 aliphatic carbocycles. The lowest BCUT2D eigenvalue weighted by Crippen LogP contribution is -2.39. The Morgan fingerprint density at radius 2 is 2.13 bits per heavy atom. The van der Waals surface area contributed by atoms with E-state index in [2.05, 4.69) is 15.1 Å². The number of rotatable bonds is 4. The van der Waals surface area contributed by atoms with Crippen LogP contribution in [0.4, 0.5) is 0 Å². The lowest BCUT2D eigenvalue weighted by molar-refractivity contribution is -0.134. The van der Waals surface area contributed by atoms with E-state index in [-0.39, 0.29) is 11.9 Å². The first-order chi connectivity index (χ1) is 11.1.